The third kappa shape index (κ3) is 5.99. The van der Waals surface area contributed by atoms with Crippen LogP contribution in [0.2, 0.25) is 5.02 Å². The maximum Gasteiger partial charge on any atom is 0.264 e. The van der Waals surface area contributed by atoms with Gasteiger partial charge < -0.3 is 10.1 Å². The first-order valence-corrected chi connectivity index (χ1v) is 11.6. The number of benzene rings is 3. The molecule has 1 N–H and O–H groups in total. The first kappa shape index (κ1) is 23.6. The molecule has 3 rings (SSSR count). The molecule has 1 amide bonds. The molecule has 0 aliphatic heterocycles. The van der Waals surface area contributed by atoms with Crippen molar-refractivity contribution in [2.45, 2.75) is 18.4 Å². The van der Waals surface area contributed by atoms with E-state index >= 15 is 0 Å². The minimum absolute atomic E-state index is 0.00582. The Bertz CT molecular complexity index is 1170. The van der Waals surface area contributed by atoms with E-state index in [0.29, 0.717) is 28.6 Å². The van der Waals surface area contributed by atoms with Crippen molar-refractivity contribution < 1.29 is 22.3 Å². The standard InChI is InChI=1S/C23H22ClFN2O4S/c1-2-31-21-10-8-20(9-11-21)27(32(29,30)22-12-6-18(24)7-13-22)16-23(28)26-15-17-4-3-5-19(25)14-17/h3-14H,2,15-16H2,1H3,(H,26,28). The van der Waals surface area contributed by atoms with Gasteiger partial charge in [0, 0.05) is 11.6 Å². The molecule has 32 heavy (non-hydrogen) atoms. The second-order valence-electron chi connectivity index (χ2n) is 6.80. The molecule has 0 aliphatic rings. The first-order valence-electron chi connectivity index (χ1n) is 9.82. The van der Waals surface area contributed by atoms with E-state index in [0.717, 1.165) is 4.31 Å². The SMILES string of the molecule is CCOc1ccc(N(CC(=O)NCc2cccc(F)c2)S(=O)(=O)c2ccc(Cl)cc2)cc1. The lowest BCUT2D eigenvalue weighted by atomic mass is 10.2. The summed E-state index contributed by atoms with van der Waals surface area (Å²) in [4.78, 5) is 12.6. The van der Waals surface area contributed by atoms with Crippen LogP contribution in [-0.2, 0) is 21.4 Å². The fourth-order valence-corrected chi connectivity index (χ4v) is 4.51. The number of carbonyl (C=O) groups is 1. The number of halogens is 2. The van der Waals surface area contributed by atoms with E-state index in [1.807, 2.05) is 6.92 Å². The number of nitrogens with zero attached hydrogens (tertiary/aromatic N) is 1. The van der Waals surface area contributed by atoms with Gasteiger partial charge in [0.25, 0.3) is 10.0 Å². The number of rotatable bonds is 9. The molecular weight excluding hydrogens is 455 g/mol. The quantitative estimate of drug-likeness (QED) is 0.497. The van der Waals surface area contributed by atoms with E-state index in [9.17, 15) is 17.6 Å². The molecule has 0 aromatic heterocycles. The molecule has 0 atom stereocenters. The van der Waals surface area contributed by atoms with Gasteiger partial charge in [0.1, 0.15) is 18.1 Å². The van der Waals surface area contributed by atoms with Gasteiger partial charge >= 0.3 is 0 Å². The van der Waals surface area contributed by atoms with Crippen LogP contribution in [0, 0.1) is 5.82 Å². The maximum atomic E-state index is 13.4. The summed E-state index contributed by atoms with van der Waals surface area (Å²) in [7, 11) is -4.07. The van der Waals surface area contributed by atoms with Crippen molar-refractivity contribution in [1.29, 1.82) is 0 Å². The van der Waals surface area contributed by atoms with Crippen LogP contribution in [0.25, 0.3) is 0 Å². The summed E-state index contributed by atoms with van der Waals surface area (Å²) >= 11 is 5.89. The molecule has 0 aliphatic carbocycles. The third-order valence-corrected chi connectivity index (χ3v) is 6.54. The van der Waals surface area contributed by atoms with Crippen molar-refractivity contribution >= 4 is 33.2 Å². The van der Waals surface area contributed by atoms with Gasteiger partial charge in [-0.2, -0.15) is 0 Å². The minimum Gasteiger partial charge on any atom is -0.494 e. The largest absolute Gasteiger partial charge is 0.494 e. The number of anilines is 1. The Hall–Kier alpha value is -3.10. The van der Waals surface area contributed by atoms with Crippen molar-refractivity contribution in [3.05, 3.63) is 89.2 Å². The normalized spacial score (nSPS) is 11.1. The van der Waals surface area contributed by atoms with Crippen LogP contribution in [0.5, 0.6) is 5.75 Å². The molecular formula is C23H22ClFN2O4S. The van der Waals surface area contributed by atoms with E-state index in [1.165, 1.54) is 42.5 Å². The van der Waals surface area contributed by atoms with Crippen LogP contribution in [0.3, 0.4) is 0 Å². The van der Waals surface area contributed by atoms with Gasteiger partial charge in [0.15, 0.2) is 0 Å². The Morgan fingerprint density at radius 1 is 1.06 bits per heavy atom. The number of sulfonamides is 1. The van der Waals surface area contributed by atoms with E-state index in [4.69, 9.17) is 16.3 Å². The smallest absolute Gasteiger partial charge is 0.264 e. The van der Waals surface area contributed by atoms with Gasteiger partial charge in [-0.15, -0.1) is 0 Å². The summed E-state index contributed by atoms with van der Waals surface area (Å²) in [5.74, 6) is -0.380. The molecule has 0 saturated carbocycles. The fourth-order valence-electron chi connectivity index (χ4n) is 2.96. The van der Waals surface area contributed by atoms with Gasteiger partial charge in [0.05, 0.1) is 17.2 Å². The number of ether oxygens (including phenoxy) is 1. The van der Waals surface area contributed by atoms with Gasteiger partial charge in [-0.05, 0) is 73.2 Å². The predicted molar refractivity (Wildman–Crippen MR) is 122 cm³/mol. The average molecular weight is 477 g/mol. The van der Waals surface area contributed by atoms with E-state index in [-0.39, 0.29) is 11.4 Å². The molecule has 3 aromatic rings. The lowest BCUT2D eigenvalue weighted by molar-refractivity contribution is -0.119. The molecule has 0 spiro atoms. The lowest BCUT2D eigenvalue weighted by Gasteiger charge is -2.24. The Balaban J connectivity index is 1.85. The van der Waals surface area contributed by atoms with E-state index < -0.39 is 28.3 Å². The average Bonchev–Trinajstić information content (AvgIpc) is 2.77. The van der Waals surface area contributed by atoms with Gasteiger partial charge in [-0.25, -0.2) is 12.8 Å². The second kappa shape index (κ2) is 10.5. The van der Waals surface area contributed by atoms with Crippen molar-refractivity contribution in [3.63, 3.8) is 0 Å². The van der Waals surface area contributed by atoms with Crippen molar-refractivity contribution in [3.8, 4) is 5.75 Å². The topological polar surface area (TPSA) is 75.7 Å². The second-order valence-corrected chi connectivity index (χ2v) is 9.10. The highest BCUT2D eigenvalue weighted by molar-refractivity contribution is 7.92. The van der Waals surface area contributed by atoms with Crippen LogP contribution in [0.4, 0.5) is 10.1 Å². The summed E-state index contributed by atoms with van der Waals surface area (Å²) < 4.78 is 46.4. The molecule has 9 heteroatoms. The summed E-state index contributed by atoms with van der Waals surface area (Å²) in [5.41, 5.74) is 0.857. The number of hydrogen-bond donors (Lipinski definition) is 1. The Morgan fingerprint density at radius 2 is 1.75 bits per heavy atom. The fraction of sp³-hybridized carbons (Fsp3) is 0.174. The molecule has 0 radical (unpaired) electrons. The van der Waals surface area contributed by atoms with Gasteiger partial charge in [0.2, 0.25) is 5.91 Å². The lowest BCUT2D eigenvalue weighted by Crippen LogP contribution is -2.40. The Morgan fingerprint density at radius 3 is 2.38 bits per heavy atom. The van der Waals surface area contributed by atoms with Crippen LogP contribution in [0.1, 0.15) is 12.5 Å². The zero-order valence-electron chi connectivity index (χ0n) is 17.3. The third-order valence-electron chi connectivity index (χ3n) is 4.50. The van der Waals surface area contributed by atoms with Crippen molar-refractivity contribution in [2.24, 2.45) is 0 Å². The number of amides is 1. The van der Waals surface area contributed by atoms with E-state index in [2.05, 4.69) is 5.32 Å². The molecule has 0 unspecified atom stereocenters. The Labute approximate surface area is 191 Å². The number of hydrogen-bond acceptors (Lipinski definition) is 4. The molecule has 0 bridgehead atoms. The highest BCUT2D eigenvalue weighted by Crippen LogP contribution is 2.26. The molecule has 0 fully saturated rings. The highest BCUT2D eigenvalue weighted by atomic mass is 35.5. The summed E-state index contributed by atoms with van der Waals surface area (Å²) in [6.07, 6.45) is 0. The van der Waals surface area contributed by atoms with Gasteiger partial charge in [-0.3, -0.25) is 9.10 Å². The summed E-state index contributed by atoms with van der Waals surface area (Å²) in [6.45, 7) is 1.91. The van der Waals surface area contributed by atoms with Gasteiger partial charge in [-0.1, -0.05) is 23.7 Å². The monoisotopic (exact) mass is 476 g/mol. The zero-order chi connectivity index (χ0) is 23.1. The molecule has 168 valence electrons. The zero-order valence-corrected chi connectivity index (χ0v) is 18.9. The summed E-state index contributed by atoms with van der Waals surface area (Å²) in [5, 5.41) is 3.03. The van der Waals surface area contributed by atoms with Crippen LogP contribution in [0.15, 0.2) is 77.7 Å². The number of carbonyl (C=O) groups excluding carboxylic acids is 1. The highest BCUT2D eigenvalue weighted by Gasteiger charge is 2.27. The predicted octanol–water partition coefficient (Wildman–Crippen LogP) is 4.39. The number of nitrogens with one attached hydrogen (secondary N) is 1. The molecule has 3 aromatic carbocycles. The molecule has 6 nitrogen and oxygen atoms in total. The molecule has 0 saturated heterocycles. The van der Waals surface area contributed by atoms with Crippen LogP contribution >= 0.6 is 11.6 Å². The summed E-state index contributed by atoms with van der Waals surface area (Å²) in [6, 6.07) is 17.9. The minimum atomic E-state index is -4.07. The van der Waals surface area contributed by atoms with Crippen molar-refractivity contribution in [1.82, 2.24) is 5.32 Å². The van der Waals surface area contributed by atoms with Crippen LogP contribution < -0.4 is 14.4 Å². The Kier molecular flexibility index (Phi) is 7.71. The first-order chi connectivity index (χ1) is 15.3. The molecule has 0 heterocycles. The van der Waals surface area contributed by atoms with Crippen LogP contribution in [-0.4, -0.2) is 27.5 Å². The maximum absolute atomic E-state index is 13.4. The van der Waals surface area contributed by atoms with E-state index in [1.54, 1.807) is 30.3 Å². The van der Waals surface area contributed by atoms with Crippen molar-refractivity contribution in [2.75, 3.05) is 17.5 Å².